The second-order valence-corrected chi connectivity index (χ2v) is 3.84. The third kappa shape index (κ3) is 7.00. The fourth-order valence-electron chi connectivity index (χ4n) is 1.10. The molecule has 0 bridgehead atoms. The lowest BCUT2D eigenvalue weighted by Gasteiger charge is -2.19. The lowest BCUT2D eigenvalue weighted by molar-refractivity contribution is 0.106. The van der Waals surface area contributed by atoms with E-state index in [9.17, 15) is 4.79 Å². The van der Waals surface area contributed by atoms with Gasteiger partial charge in [0.25, 0.3) is 0 Å². The number of ether oxygens (including phenoxy) is 1. The first-order valence-corrected chi connectivity index (χ1v) is 5.66. The zero-order valence-electron chi connectivity index (χ0n) is 10.4. The van der Waals surface area contributed by atoms with Gasteiger partial charge < -0.3 is 9.64 Å². The van der Waals surface area contributed by atoms with Gasteiger partial charge in [-0.1, -0.05) is 25.5 Å². The Bertz CT molecular complexity index is 208. The highest BCUT2D eigenvalue weighted by Gasteiger charge is 2.11. The lowest BCUT2D eigenvalue weighted by Crippen LogP contribution is -2.32. The molecular formula is C12H23NO2. The van der Waals surface area contributed by atoms with Crippen LogP contribution in [0.1, 0.15) is 40.5 Å². The van der Waals surface area contributed by atoms with E-state index in [1.807, 2.05) is 26.8 Å². The van der Waals surface area contributed by atoms with Crippen molar-refractivity contribution in [1.29, 1.82) is 0 Å². The Labute approximate surface area is 93.1 Å². The summed E-state index contributed by atoms with van der Waals surface area (Å²) < 4.78 is 5.10. The molecule has 3 nitrogen and oxygen atoms in total. The van der Waals surface area contributed by atoms with E-state index < -0.39 is 0 Å². The van der Waals surface area contributed by atoms with Crippen LogP contribution in [-0.4, -0.2) is 30.7 Å². The Morgan fingerprint density at radius 1 is 1.27 bits per heavy atom. The summed E-state index contributed by atoms with van der Waals surface area (Å²) in [6.07, 6.45) is 3.67. The van der Waals surface area contributed by atoms with Crippen molar-refractivity contribution >= 4 is 6.09 Å². The molecule has 0 aliphatic rings. The quantitative estimate of drug-likeness (QED) is 0.634. The van der Waals surface area contributed by atoms with Crippen molar-refractivity contribution in [3.05, 3.63) is 11.6 Å². The Morgan fingerprint density at radius 3 is 2.40 bits per heavy atom. The van der Waals surface area contributed by atoms with E-state index in [-0.39, 0.29) is 6.09 Å². The van der Waals surface area contributed by atoms with Crippen LogP contribution in [-0.2, 0) is 4.74 Å². The van der Waals surface area contributed by atoms with Gasteiger partial charge in [-0.25, -0.2) is 4.79 Å². The highest BCUT2D eigenvalue weighted by Crippen LogP contribution is 1.99. The van der Waals surface area contributed by atoms with Crippen molar-refractivity contribution in [3.63, 3.8) is 0 Å². The number of hydrogen-bond donors (Lipinski definition) is 0. The average Bonchev–Trinajstić information content (AvgIpc) is 2.20. The van der Waals surface area contributed by atoms with Gasteiger partial charge in [0, 0.05) is 13.1 Å². The van der Waals surface area contributed by atoms with Crippen LogP contribution in [0.15, 0.2) is 11.6 Å². The standard InChI is InChI=1S/C12H23NO2/c1-5-8-13(9-7-11(3)4)12(14)15-10-6-2/h7H,5-6,8-10H2,1-4H3. The number of carbonyl (C=O) groups is 1. The minimum absolute atomic E-state index is 0.198. The summed E-state index contributed by atoms with van der Waals surface area (Å²) in [4.78, 5) is 13.3. The first-order valence-electron chi connectivity index (χ1n) is 5.66. The van der Waals surface area contributed by atoms with Crippen LogP contribution in [0.3, 0.4) is 0 Å². The van der Waals surface area contributed by atoms with Crippen LogP contribution >= 0.6 is 0 Å². The monoisotopic (exact) mass is 213 g/mol. The van der Waals surface area contributed by atoms with Crippen LogP contribution in [0, 0.1) is 0 Å². The Morgan fingerprint density at radius 2 is 1.93 bits per heavy atom. The largest absolute Gasteiger partial charge is 0.449 e. The molecule has 0 saturated heterocycles. The summed E-state index contributed by atoms with van der Waals surface area (Å²) in [7, 11) is 0. The zero-order valence-corrected chi connectivity index (χ0v) is 10.4. The van der Waals surface area contributed by atoms with E-state index in [0.29, 0.717) is 13.2 Å². The minimum Gasteiger partial charge on any atom is -0.449 e. The van der Waals surface area contributed by atoms with Crippen molar-refractivity contribution in [1.82, 2.24) is 4.90 Å². The molecule has 0 aromatic rings. The van der Waals surface area contributed by atoms with E-state index in [1.54, 1.807) is 4.90 Å². The molecule has 3 heteroatoms. The van der Waals surface area contributed by atoms with Gasteiger partial charge in [0.1, 0.15) is 0 Å². The number of carbonyl (C=O) groups excluding carboxylic acids is 1. The molecule has 0 heterocycles. The molecule has 0 unspecified atom stereocenters. The van der Waals surface area contributed by atoms with Crippen LogP contribution in [0.4, 0.5) is 4.79 Å². The third-order valence-corrected chi connectivity index (χ3v) is 1.90. The SMILES string of the molecule is CCCOC(=O)N(CC=C(C)C)CCC. The highest BCUT2D eigenvalue weighted by atomic mass is 16.6. The molecule has 0 aliphatic carbocycles. The predicted octanol–water partition coefficient (Wildman–Crippen LogP) is 3.21. The van der Waals surface area contributed by atoms with Crippen molar-refractivity contribution in [2.75, 3.05) is 19.7 Å². The van der Waals surface area contributed by atoms with E-state index >= 15 is 0 Å². The molecule has 88 valence electrons. The van der Waals surface area contributed by atoms with Crippen molar-refractivity contribution in [2.45, 2.75) is 40.5 Å². The third-order valence-electron chi connectivity index (χ3n) is 1.90. The normalized spacial score (nSPS) is 9.60. The maximum Gasteiger partial charge on any atom is 0.410 e. The zero-order chi connectivity index (χ0) is 11.7. The number of hydrogen-bond acceptors (Lipinski definition) is 2. The van der Waals surface area contributed by atoms with E-state index in [0.717, 1.165) is 19.4 Å². The summed E-state index contributed by atoms with van der Waals surface area (Å²) in [6, 6.07) is 0. The van der Waals surface area contributed by atoms with E-state index in [1.165, 1.54) is 5.57 Å². The lowest BCUT2D eigenvalue weighted by atomic mass is 10.3. The fraction of sp³-hybridized carbons (Fsp3) is 0.750. The maximum atomic E-state index is 11.6. The second-order valence-electron chi connectivity index (χ2n) is 3.84. The van der Waals surface area contributed by atoms with Crippen molar-refractivity contribution in [2.24, 2.45) is 0 Å². The van der Waals surface area contributed by atoms with Gasteiger partial charge in [-0.05, 0) is 26.7 Å². The summed E-state index contributed by atoms with van der Waals surface area (Å²) in [6.45, 7) is 10.0. The molecule has 15 heavy (non-hydrogen) atoms. The molecule has 0 aliphatic heterocycles. The summed E-state index contributed by atoms with van der Waals surface area (Å²) in [5.74, 6) is 0. The van der Waals surface area contributed by atoms with Gasteiger partial charge in [-0.3, -0.25) is 0 Å². The molecule has 0 fully saturated rings. The topological polar surface area (TPSA) is 29.5 Å². The number of amides is 1. The van der Waals surface area contributed by atoms with Crippen LogP contribution in [0.25, 0.3) is 0 Å². The number of allylic oxidation sites excluding steroid dienone is 1. The molecule has 0 atom stereocenters. The molecule has 0 saturated carbocycles. The Hall–Kier alpha value is -0.990. The molecule has 0 aromatic carbocycles. The van der Waals surface area contributed by atoms with Gasteiger partial charge in [-0.2, -0.15) is 0 Å². The van der Waals surface area contributed by atoms with Gasteiger partial charge in [-0.15, -0.1) is 0 Å². The van der Waals surface area contributed by atoms with Crippen molar-refractivity contribution in [3.8, 4) is 0 Å². The maximum absolute atomic E-state index is 11.6. The molecule has 0 spiro atoms. The first-order chi connectivity index (χ1) is 7.11. The summed E-state index contributed by atoms with van der Waals surface area (Å²) >= 11 is 0. The molecule has 0 rings (SSSR count). The average molecular weight is 213 g/mol. The Balaban J connectivity index is 4.12. The van der Waals surface area contributed by atoms with Crippen LogP contribution in [0.5, 0.6) is 0 Å². The Kier molecular flexibility index (Phi) is 7.78. The highest BCUT2D eigenvalue weighted by molar-refractivity contribution is 5.67. The summed E-state index contributed by atoms with van der Waals surface area (Å²) in [5.41, 5.74) is 1.22. The molecule has 0 aromatic heterocycles. The molecule has 1 amide bonds. The predicted molar refractivity (Wildman–Crippen MR) is 62.9 cm³/mol. The van der Waals surface area contributed by atoms with E-state index in [4.69, 9.17) is 4.74 Å². The number of rotatable bonds is 6. The molecule has 0 radical (unpaired) electrons. The van der Waals surface area contributed by atoms with Gasteiger partial charge in [0.05, 0.1) is 6.61 Å². The van der Waals surface area contributed by atoms with Gasteiger partial charge in [0.2, 0.25) is 0 Å². The smallest absolute Gasteiger partial charge is 0.410 e. The van der Waals surface area contributed by atoms with E-state index in [2.05, 4.69) is 6.92 Å². The van der Waals surface area contributed by atoms with Crippen LogP contribution in [0.2, 0.25) is 0 Å². The van der Waals surface area contributed by atoms with Gasteiger partial charge >= 0.3 is 6.09 Å². The number of nitrogens with zero attached hydrogens (tertiary/aromatic N) is 1. The fourth-order valence-corrected chi connectivity index (χ4v) is 1.10. The van der Waals surface area contributed by atoms with Crippen molar-refractivity contribution < 1.29 is 9.53 Å². The van der Waals surface area contributed by atoms with Crippen LogP contribution < -0.4 is 0 Å². The molecule has 0 N–H and O–H groups in total. The summed E-state index contributed by atoms with van der Waals surface area (Å²) in [5, 5.41) is 0. The second kappa shape index (κ2) is 8.33. The minimum atomic E-state index is -0.198. The first kappa shape index (κ1) is 14.0. The van der Waals surface area contributed by atoms with Gasteiger partial charge in [0.15, 0.2) is 0 Å². The molecular weight excluding hydrogens is 190 g/mol.